The van der Waals surface area contributed by atoms with Gasteiger partial charge in [0.05, 0.1) is 5.25 Å². The van der Waals surface area contributed by atoms with E-state index >= 15 is 0 Å². The highest BCUT2D eigenvalue weighted by molar-refractivity contribution is 7.92. The molecule has 2 fully saturated rings. The van der Waals surface area contributed by atoms with Crippen LogP contribution in [0.4, 0.5) is 0 Å². The van der Waals surface area contributed by atoms with Gasteiger partial charge in [-0.3, -0.25) is 0 Å². The van der Waals surface area contributed by atoms with Crippen LogP contribution >= 0.6 is 12.4 Å². The lowest BCUT2D eigenvalue weighted by atomic mass is 10.1. The maximum absolute atomic E-state index is 12.6. The van der Waals surface area contributed by atoms with Gasteiger partial charge in [0.1, 0.15) is 10.6 Å². The minimum Gasteiger partial charge on any atom is -0.507 e. The van der Waals surface area contributed by atoms with Gasteiger partial charge in [-0.25, -0.2) is 8.42 Å². The number of benzene rings is 1. The number of fused-ring (bicyclic) bond motifs is 2. The number of hydrogen-bond acceptors (Lipinski definition) is 4. The number of piperidine rings is 1. The zero-order valence-corrected chi connectivity index (χ0v) is 12.1. The van der Waals surface area contributed by atoms with Crippen molar-refractivity contribution < 1.29 is 13.5 Å². The van der Waals surface area contributed by atoms with Gasteiger partial charge in [0.25, 0.3) is 0 Å². The van der Waals surface area contributed by atoms with Gasteiger partial charge in [0.15, 0.2) is 9.84 Å². The Balaban J connectivity index is 0.00000133. The Bertz CT molecular complexity index is 561. The van der Waals surface area contributed by atoms with Crippen molar-refractivity contribution >= 4 is 22.2 Å². The van der Waals surface area contributed by atoms with Crippen LogP contribution in [0.2, 0.25) is 0 Å². The first-order valence-corrected chi connectivity index (χ1v) is 7.91. The Morgan fingerprint density at radius 1 is 1.21 bits per heavy atom. The zero-order valence-electron chi connectivity index (χ0n) is 10.5. The monoisotopic (exact) mass is 303 g/mol. The summed E-state index contributed by atoms with van der Waals surface area (Å²) < 4.78 is 25.2. The summed E-state index contributed by atoms with van der Waals surface area (Å²) in [4.78, 5) is 0.0735. The van der Waals surface area contributed by atoms with Gasteiger partial charge in [0.2, 0.25) is 0 Å². The first kappa shape index (κ1) is 14.6. The van der Waals surface area contributed by atoms with Crippen LogP contribution in [-0.2, 0) is 9.84 Å². The highest BCUT2D eigenvalue weighted by Gasteiger charge is 2.44. The molecule has 2 heterocycles. The molecule has 2 N–H and O–H groups in total. The Morgan fingerprint density at radius 2 is 1.95 bits per heavy atom. The fraction of sp³-hybridized carbons (Fsp3) is 0.538. The van der Waals surface area contributed by atoms with Gasteiger partial charge in [0, 0.05) is 12.1 Å². The van der Waals surface area contributed by atoms with Crippen LogP contribution in [0.25, 0.3) is 0 Å². The number of phenols is 1. The van der Waals surface area contributed by atoms with Crippen LogP contribution in [0.15, 0.2) is 29.2 Å². The number of rotatable bonds is 2. The fourth-order valence-corrected chi connectivity index (χ4v) is 5.27. The molecule has 0 aromatic heterocycles. The van der Waals surface area contributed by atoms with Crippen molar-refractivity contribution in [3.8, 4) is 5.75 Å². The van der Waals surface area contributed by atoms with Gasteiger partial charge in [-0.15, -0.1) is 12.4 Å². The first-order chi connectivity index (χ1) is 8.59. The van der Waals surface area contributed by atoms with Crippen LogP contribution < -0.4 is 5.32 Å². The normalized spacial score (nSPS) is 29.8. The number of phenolic OH excluding ortho intramolecular Hbond substituents is 1. The lowest BCUT2D eigenvalue weighted by molar-refractivity contribution is 0.405. The minimum atomic E-state index is -3.44. The molecule has 2 aliphatic rings. The van der Waals surface area contributed by atoms with E-state index in [-0.39, 0.29) is 29.1 Å². The lowest BCUT2D eigenvalue weighted by Crippen LogP contribution is -2.39. The van der Waals surface area contributed by atoms with Gasteiger partial charge >= 0.3 is 0 Å². The fourth-order valence-electron chi connectivity index (χ4n) is 3.18. The highest BCUT2D eigenvalue weighted by atomic mass is 35.5. The first-order valence-electron chi connectivity index (χ1n) is 6.37. The third-order valence-electron chi connectivity index (χ3n) is 4.05. The SMILES string of the molecule is Cl.O=S(=O)(c1ccccc1O)C1CC2CCCC1N2. The van der Waals surface area contributed by atoms with E-state index in [4.69, 9.17) is 0 Å². The number of nitrogens with one attached hydrogen (secondary N) is 1. The summed E-state index contributed by atoms with van der Waals surface area (Å²) >= 11 is 0. The van der Waals surface area contributed by atoms with Crippen LogP contribution in [-0.4, -0.2) is 30.9 Å². The Morgan fingerprint density at radius 3 is 2.63 bits per heavy atom. The van der Waals surface area contributed by atoms with E-state index in [0.29, 0.717) is 12.5 Å². The van der Waals surface area contributed by atoms with Crippen LogP contribution in [0.5, 0.6) is 5.75 Å². The second kappa shape index (κ2) is 5.31. The molecule has 0 radical (unpaired) electrons. The number of hydrogen-bond donors (Lipinski definition) is 2. The minimum absolute atomic E-state index is 0. The summed E-state index contributed by atoms with van der Waals surface area (Å²) in [5.74, 6) is -0.140. The van der Waals surface area contributed by atoms with Crippen molar-refractivity contribution in [3.05, 3.63) is 24.3 Å². The topological polar surface area (TPSA) is 66.4 Å². The maximum Gasteiger partial charge on any atom is 0.186 e. The van der Waals surface area contributed by atoms with E-state index in [9.17, 15) is 13.5 Å². The summed E-state index contributed by atoms with van der Waals surface area (Å²) in [5.41, 5.74) is 0. The van der Waals surface area contributed by atoms with Crippen LogP contribution in [0.1, 0.15) is 25.7 Å². The molecule has 4 nitrogen and oxygen atoms in total. The maximum atomic E-state index is 12.6. The molecule has 0 saturated carbocycles. The molecule has 3 atom stereocenters. The molecule has 3 unspecified atom stereocenters. The van der Waals surface area contributed by atoms with E-state index in [2.05, 4.69) is 5.32 Å². The van der Waals surface area contributed by atoms with Gasteiger partial charge in [-0.2, -0.15) is 0 Å². The van der Waals surface area contributed by atoms with E-state index < -0.39 is 15.1 Å². The van der Waals surface area contributed by atoms with Crippen molar-refractivity contribution in [1.29, 1.82) is 0 Å². The van der Waals surface area contributed by atoms with E-state index in [1.807, 2.05) is 0 Å². The zero-order chi connectivity index (χ0) is 12.8. The number of sulfone groups is 1. The van der Waals surface area contributed by atoms with Gasteiger partial charge < -0.3 is 10.4 Å². The second-order valence-corrected chi connectivity index (χ2v) is 7.32. The van der Waals surface area contributed by atoms with Crippen molar-refractivity contribution in [2.75, 3.05) is 0 Å². The molecular formula is C13H18ClNO3S. The third-order valence-corrected chi connectivity index (χ3v) is 6.33. The molecule has 0 aliphatic carbocycles. The van der Waals surface area contributed by atoms with E-state index in [1.165, 1.54) is 12.1 Å². The lowest BCUT2D eigenvalue weighted by Gasteiger charge is -2.22. The summed E-state index contributed by atoms with van der Waals surface area (Å²) in [7, 11) is -3.44. The van der Waals surface area contributed by atoms with Crippen molar-refractivity contribution in [1.82, 2.24) is 5.32 Å². The van der Waals surface area contributed by atoms with E-state index in [1.54, 1.807) is 12.1 Å². The van der Waals surface area contributed by atoms with Crippen LogP contribution in [0, 0.1) is 0 Å². The van der Waals surface area contributed by atoms with E-state index in [0.717, 1.165) is 19.3 Å². The van der Waals surface area contributed by atoms with Crippen molar-refractivity contribution in [2.45, 2.75) is 47.9 Å². The van der Waals surface area contributed by atoms with Crippen LogP contribution in [0.3, 0.4) is 0 Å². The molecule has 1 aromatic rings. The molecule has 1 aromatic carbocycles. The highest BCUT2D eigenvalue weighted by Crippen LogP contribution is 2.36. The molecule has 106 valence electrons. The molecule has 6 heteroatoms. The molecule has 3 rings (SSSR count). The second-order valence-electron chi connectivity index (χ2n) is 5.19. The molecule has 0 amide bonds. The number of para-hydroxylation sites is 1. The molecule has 2 bridgehead atoms. The number of aromatic hydroxyl groups is 1. The quantitative estimate of drug-likeness (QED) is 0.875. The third kappa shape index (κ3) is 2.47. The van der Waals surface area contributed by atoms with Gasteiger partial charge in [-0.05, 0) is 31.4 Å². The average molecular weight is 304 g/mol. The molecule has 0 spiro atoms. The summed E-state index contributed by atoms with van der Waals surface area (Å²) in [6.07, 6.45) is 3.73. The summed E-state index contributed by atoms with van der Waals surface area (Å²) in [6.45, 7) is 0. The van der Waals surface area contributed by atoms with Crippen molar-refractivity contribution in [3.63, 3.8) is 0 Å². The molecule has 2 saturated heterocycles. The predicted molar refractivity (Wildman–Crippen MR) is 75.5 cm³/mol. The Kier molecular flexibility index (Phi) is 4.08. The largest absolute Gasteiger partial charge is 0.507 e. The Labute approximate surface area is 119 Å². The summed E-state index contributed by atoms with van der Waals surface area (Å²) in [6, 6.07) is 6.59. The molecular weight excluding hydrogens is 286 g/mol. The summed E-state index contributed by atoms with van der Waals surface area (Å²) in [5, 5.41) is 12.7. The molecule has 2 aliphatic heterocycles. The van der Waals surface area contributed by atoms with Crippen molar-refractivity contribution in [2.24, 2.45) is 0 Å². The smallest absolute Gasteiger partial charge is 0.186 e. The number of halogens is 1. The molecule has 19 heavy (non-hydrogen) atoms. The van der Waals surface area contributed by atoms with Gasteiger partial charge in [-0.1, -0.05) is 18.6 Å². The average Bonchev–Trinajstić information content (AvgIpc) is 2.65. The Hall–Kier alpha value is -0.780. The standard InChI is InChI=1S/C13H17NO3S.ClH/c15-11-6-1-2-7-12(11)18(16,17)13-8-9-4-3-5-10(13)14-9;/h1-2,6-7,9-10,13-15H,3-5,8H2;1H. The predicted octanol–water partition coefficient (Wildman–Crippen LogP) is 1.87.